The number of carboxylic acids is 1. The number of carbonyl (C=O) groups is 3. The van der Waals surface area contributed by atoms with Gasteiger partial charge in [-0.1, -0.05) is 170 Å². The average Bonchev–Trinajstić information content (AvgIpc) is 3.19. The molecule has 0 saturated heterocycles. The number of unbranched alkanes of at least 4 members (excludes halogenated alkanes) is 16. The first-order chi connectivity index (χ1) is 28.6. The van der Waals surface area contributed by atoms with Crippen LogP contribution in [-0.2, 0) is 28.6 Å². The lowest BCUT2D eigenvalue weighted by molar-refractivity contribution is -0.889. The minimum absolute atomic E-state index is 0.0240. The molecule has 0 N–H and O–H groups in total. The smallest absolute Gasteiger partial charge is 0.306 e. The molecule has 336 valence electrons. The normalized spacial score (nSPS) is 13.7. The number of quaternary nitrogens is 1. The maximum Gasteiger partial charge on any atom is 0.306 e. The molecule has 0 aromatic carbocycles. The second-order valence-electron chi connectivity index (χ2n) is 16.4. The molecule has 0 fully saturated rings. The fourth-order valence-corrected chi connectivity index (χ4v) is 6.25. The SMILES string of the molecule is CCC/C=C/C=C/C=C/C=C/C=C/CCCCCCCC(=O)OCC(COCCC(C(=O)[O-])[N+](C)(C)C)OC(=O)CCCCCCCCC/C=C/C/C=C/CCCCC. The quantitative estimate of drug-likeness (QED) is 0.0199. The maximum absolute atomic E-state index is 12.7. The molecule has 0 aliphatic rings. The van der Waals surface area contributed by atoms with Crippen LogP contribution in [0.4, 0.5) is 0 Å². The van der Waals surface area contributed by atoms with Gasteiger partial charge in [0, 0.05) is 19.3 Å². The van der Waals surface area contributed by atoms with Crippen molar-refractivity contribution in [2.45, 2.75) is 180 Å². The summed E-state index contributed by atoms with van der Waals surface area (Å²) in [5.74, 6) is -1.79. The molecule has 2 atom stereocenters. The lowest BCUT2D eigenvalue weighted by atomic mass is 10.1. The van der Waals surface area contributed by atoms with Crippen LogP contribution in [0.15, 0.2) is 85.1 Å². The van der Waals surface area contributed by atoms with E-state index in [2.05, 4.69) is 62.5 Å². The monoisotopic (exact) mass is 824 g/mol. The van der Waals surface area contributed by atoms with Crippen molar-refractivity contribution in [3.8, 4) is 0 Å². The van der Waals surface area contributed by atoms with Gasteiger partial charge >= 0.3 is 11.9 Å². The maximum atomic E-state index is 12.7. The Morgan fingerprint density at radius 2 is 1.00 bits per heavy atom. The van der Waals surface area contributed by atoms with Crippen molar-refractivity contribution in [3.63, 3.8) is 0 Å². The zero-order chi connectivity index (χ0) is 43.5. The van der Waals surface area contributed by atoms with Crippen LogP contribution in [0.2, 0.25) is 0 Å². The Kier molecular flexibility index (Phi) is 38.8. The van der Waals surface area contributed by atoms with Gasteiger partial charge in [0.2, 0.25) is 0 Å². The summed E-state index contributed by atoms with van der Waals surface area (Å²) in [6.07, 6.45) is 53.1. The number of esters is 2. The highest BCUT2D eigenvalue weighted by atomic mass is 16.6. The van der Waals surface area contributed by atoms with E-state index in [1.165, 1.54) is 51.4 Å². The number of allylic oxidation sites excluding steroid dienone is 14. The van der Waals surface area contributed by atoms with Gasteiger partial charge in [0.1, 0.15) is 12.6 Å². The first kappa shape index (κ1) is 55.5. The van der Waals surface area contributed by atoms with Crippen LogP contribution in [-0.4, -0.2) is 75.5 Å². The molecule has 0 aromatic rings. The van der Waals surface area contributed by atoms with E-state index in [9.17, 15) is 19.5 Å². The average molecular weight is 824 g/mol. The summed E-state index contributed by atoms with van der Waals surface area (Å²) in [5.41, 5.74) is 0. The fourth-order valence-electron chi connectivity index (χ4n) is 6.25. The predicted molar refractivity (Wildman–Crippen MR) is 245 cm³/mol. The molecule has 0 radical (unpaired) electrons. The van der Waals surface area contributed by atoms with Gasteiger partial charge in [-0.2, -0.15) is 0 Å². The summed E-state index contributed by atoms with van der Waals surface area (Å²) in [6, 6.07) is -0.736. The van der Waals surface area contributed by atoms with Crippen molar-refractivity contribution in [1.29, 1.82) is 0 Å². The highest BCUT2D eigenvalue weighted by Crippen LogP contribution is 2.13. The van der Waals surface area contributed by atoms with Crippen molar-refractivity contribution >= 4 is 17.9 Å². The van der Waals surface area contributed by atoms with Crippen LogP contribution >= 0.6 is 0 Å². The third kappa shape index (κ3) is 39.7. The highest BCUT2D eigenvalue weighted by molar-refractivity contribution is 5.70. The Hall–Kier alpha value is -3.49. The number of hydrogen-bond acceptors (Lipinski definition) is 7. The number of likely N-dealkylation sites (N-methyl/N-ethyl adjacent to an activating group) is 1. The zero-order valence-electron chi connectivity index (χ0n) is 38.1. The van der Waals surface area contributed by atoms with E-state index in [0.717, 1.165) is 83.5 Å². The third-order valence-electron chi connectivity index (χ3n) is 9.86. The number of carboxylic acid groups (broad SMARTS) is 1. The summed E-state index contributed by atoms with van der Waals surface area (Å²) < 4.78 is 17.2. The Labute approximate surface area is 361 Å². The molecule has 0 amide bonds. The minimum atomic E-state index is -1.13. The summed E-state index contributed by atoms with van der Waals surface area (Å²) in [7, 11) is 5.39. The first-order valence-corrected chi connectivity index (χ1v) is 23.2. The summed E-state index contributed by atoms with van der Waals surface area (Å²) >= 11 is 0. The van der Waals surface area contributed by atoms with Gasteiger partial charge in [0.25, 0.3) is 0 Å². The topological polar surface area (TPSA) is 102 Å². The van der Waals surface area contributed by atoms with E-state index in [-0.39, 0.29) is 42.7 Å². The van der Waals surface area contributed by atoms with E-state index < -0.39 is 18.1 Å². The molecule has 0 saturated carbocycles. The van der Waals surface area contributed by atoms with Crippen molar-refractivity contribution in [3.05, 3.63) is 85.1 Å². The van der Waals surface area contributed by atoms with E-state index >= 15 is 0 Å². The molecule has 0 bridgehead atoms. The molecule has 2 unspecified atom stereocenters. The minimum Gasteiger partial charge on any atom is -0.544 e. The first-order valence-electron chi connectivity index (χ1n) is 23.2. The summed E-state index contributed by atoms with van der Waals surface area (Å²) in [6.45, 7) is 4.50. The lowest BCUT2D eigenvalue weighted by Gasteiger charge is -2.34. The van der Waals surface area contributed by atoms with Crippen LogP contribution in [0, 0.1) is 0 Å². The molecule has 0 aliphatic carbocycles. The molecule has 8 heteroatoms. The summed E-state index contributed by atoms with van der Waals surface area (Å²) in [5, 5.41) is 11.6. The van der Waals surface area contributed by atoms with Crippen molar-refractivity contribution < 1.29 is 38.2 Å². The number of aliphatic carboxylic acids is 1. The Balaban J connectivity index is 4.41. The van der Waals surface area contributed by atoms with Gasteiger partial charge in [-0.3, -0.25) is 9.59 Å². The van der Waals surface area contributed by atoms with Crippen LogP contribution in [0.5, 0.6) is 0 Å². The fraction of sp³-hybridized carbons (Fsp3) is 0.667. The molecule has 0 spiro atoms. The van der Waals surface area contributed by atoms with Gasteiger partial charge in [-0.25, -0.2) is 0 Å². The van der Waals surface area contributed by atoms with Crippen LogP contribution in [0.3, 0.4) is 0 Å². The van der Waals surface area contributed by atoms with Crippen LogP contribution in [0.1, 0.15) is 168 Å². The Morgan fingerprint density at radius 3 is 1.53 bits per heavy atom. The van der Waals surface area contributed by atoms with E-state index in [4.69, 9.17) is 14.2 Å². The molecular formula is C51H85NO7. The number of ether oxygens (including phenoxy) is 3. The standard InChI is InChI=1S/C51H85NO7/c1-6-8-10-12-14-16-18-20-22-24-26-27-29-31-33-35-37-39-41-49(53)58-46-47(45-57-44-43-48(51(55)56)52(3,4)5)59-50(54)42-40-38-36-34-32-30-28-25-23-21-19-17-15-13-11-9-7-2/h10,12,14-18,20-24,26-27,47-48H,6-9,11,13,19,25,28-46H2,1-5H3/b12-10+,16-14+,17-15+,20-18+,23-21+,24-22+,27-26+. The van der Waals surface area contributed by atoms with E-state index in [1.54, 1.807) is 21.1 Å². The summed E-state index contributed by atoms with van der Waals surface area (Å²) in [4.78, 5) is 36.9. The number of carbonyl (C=O) groups excluding carboxylic acids is 3. The van der Waals surface area contributed by atoms with Gasteiger partial charge < -0.3 is 28.6 Å². The van der Waals surface area contributed by atoms with E-state index in [0.29, 0.717) is 12.8 Å². The number of nitrogens with zero attached hydrogens (tertiary/aromatic N) is 1. The largest absolute Gasteiger partial charge is 0.544 e. The third-order valence-corrected chi connectivity index (χ3v) is 9.86. The highest BCUT2D eigenvalue weighted by Gasteiger charge is 2.25. The van der Waals surface area contributed by atoms with Crippen LogP contribution < -0.4 is 5.11 Å². The lowest BCUT2D eigenvalue weighted by Crippen LogP contribution is -2.55. The van der Waals surface area contributed by atoms with Gasteiger partial charge in [-0.15, -0.1) is 0 Å². The number of rotatable bonds is 40. The van der Waals surface area contributed by atoms with Gasteiger partial charge in [0.15, 0.2) is 6.10 Å². The zero-order valence-corrected chi connectivity index (χ0v) is 38.1. The van der Waals surface area contributed by atoms with Crippen molar-refractivity contribution in [2.24, 2.45) is 0 Å². The Bertz CT molecular complexity index is 1240. The second-order valence-corrected chi connectivity index (χ2v) is 16.4. The molecule has 0 aliphatic heterocycles. The molecular weight excluding hydrogens is 739 g/mol. The van der Waals surface area contributed by atoms with E-state index in [1.807, 2.05) is 36.5 Å². The molecule has 59 heavy (non-hydrogen) atoms. The van der Waals surface area contributed by atoms with Gasteiger partial charge in [0.05, 0.1) is 40.3 Å². The van der Waals surface area contributed by atoms with Gasteiger partial charge in [-0.05, 0) is 64.2 Å². The number of hydrogen-bond donors (Lipinski definition) is 0. The second kappa shape index (κ2) is 41.3. The molecule has 0 heterocycles. The predicted octanol–water partition coefficient (Wildman–Crippen LogP) is 11.6. The molecule has 8 nitrogen and oxygen atoms in total. The van der Waals surface area contributed by atoms with Crippen LogP contribution in [0.25, 0.3) is 0 Å². The Morgan fingerprint density at radius 1 is 0.525 bits per heavy atom. The van der Waals surface area contributed by atoms with Crippen molar-refractivity contribution in [2.75, 3.05) is 41.0 Å². The molecule has 0 rings (SSSR count). The van der Waals surface area contributed by atoms with Crippen molar-refractivity contribution in [1.82, 2.24) is 0 Å². The molecule has 0 aromatic heterocycles.